The third kappa shape index (κ3) is 7.32. The summed E-state index contributed by atoms with van der Waals surface area (Å²) in [6, 6.07) is 10.0. The lowest BCUT2D eigenvalue weighted by Gasteiger charge is -2.13. The summed E-state index contributed by atoms with van der Waals surface area (Å²) >= 11 is 0. The normalized spacial score (nSPS) is 11.7. The van der Waals surface area contributed by atoms with Crippen molar-refractivity contribution in [3.05, 3.63) is 83.0 Å². The van der Waals surface area contributed by atoms with E-state index in [0.29, 0.717) is 87.7 Å². The Labute approximate surface area is 332 Å². The molecule has 7 rings (SSSR count). The number of carbonyl (C=O) groups excluding carboxylic acids is 3. The Kier molecular flexibility index (Phi) is 10.9. The van der Waals surface area contributed by atoms with Crippen LogP contribution in [0, 0.1) is 13.8 Å². The van der Waals surface area contributed by atoms with Gasteiger partial charge in [-0.1, -0.05) is 12.2 Å². The zero-order valence-corrected chi connectivity index (χ0v) is 32.8. The number of nitrogens with one attached hydrogen (secondary N) is 1. The van der Waals surface area contributed by atoms with Crippen LogP contribution in [0.2, 0.25) is 0 Å². The lowest BCUT2D eigenvalue weighted by atomic mass is 10.1. The van der Waals surface area contributed by atoms with Crippen molar-refractivity contribution >= 4 is 56.6 Å². The maximum Gasteiger partial charge on any atom is 0.276 e. The van der Waals surface area contributed by atoms with Gasteiger partial charge in [-0.25, -0.2) is 15.0 Å². The summed E-state index contributed by atoms with van der Waals surface area (Å²) in [5.41, 5.74) is 16.6. The van der Waals surface area contributed by atoms with Gasteiger partial charge in [0.05, 0.1) is 36.1 Å². The number of aromatic nitrogens is 9. The Morgan fingerprint density at radius 1 is 0.828 bits per heavy atom. The molecule has 2 aromatic carbocycles. The fourth-order valence-electron chi connectivity index (χ4n) is 7.03. The highest BCUT2D eigenvalue weighted by Crippen LogP contribution is 2.37. The number of imidazole rings is 1. The Morgan fingerprint density at radius 2 is 1.50 bits per heavy atom. The van der Waals surface area contributed by atoms with Gasteiger partial charge >= 0.3 is 0 Å². The number of allylic oxidation sites excluding steroid dienone is 2. The van der Waals surface area contributed by atoms with Gasteiger partial charge in [0.15, 0.2) is 5.82 Å². The van der Waals surface area contributed by atoms with E-state index in [0.717, 1.165) is 11.4 Å². The number of aliphatic hydroxyl groups excluding tert-OH is 1. The van der Waals surface area contributed by atoms with Crippen molar-refractivity contribution in [2.24, 2.45) is 11.5 Å². The number of aliphatic hydroxyl groups is 1. The van der Waals surface area contributed by atoms with Crippen molar-refractivity contribution in [1.29, 1.82) is 0 Å². The fraction of sp³-hybridized carbons (Fsp3) is 0.300. The molecule has 3 amide bonds. The van der Waals surface area contributed by atoms with Crippen molar-refractivity contribution in [3.63, 3.8) is 0 Å². The zero-order chi connectivity index (χ0) is 41.2. The molecule has 0 saturated heterocycles. The quantitative estimate of drug-likeness (QED) is 0.0802. The molecule has 300 valence electrons. The van der Waals surface area contributed by atoms with Gasteiger partial charge in [0.25, 0.3) is 5.91 Å². The average molecular weight is 789 g/mol. The summed E-state index contributed by atoms with van der Waals surface area (Å²) in [7, 11) is 1.52. The third-order valence-electron chi connectivity index (χ3n) is 9.65. The number of rotatable bonds is 16. The monoisotopic (exact) mass is 788 g/mol. The van der Waals surface area contributed by atoms with Crippen LogP contribution in [0.5, 0.6) is 11.5 Å². The summed E-state index contributed by atoms with van der Waals surface area (Å²) < 4.78 is 19.1. The van der Waals surface area contributed by atoms with E-state index in [1.54, 1.807) is 39.7 Å². The summed E-state index contributed by atoms with van der Waals surface area (Å²) in [5.74, 6) is -0.308. The van der Waals surface area contributed by atoms with Crippen LogP contribution in [0.15, 0.2) is 54.7 Å². The van der Waals surface area contributed by atoms with E-state index < -0.39 is 17.7 Å². The number of methoxy groups -OCH3 is 1. The zero-order valence-electron chi connectivity index (χ0n) is 32.8. The van der Waals surface area contributed by atoms with Crippen molar-refractivity contribution in [1.82, 2.24) is 43.6 Å². The van der Waals surface area contributed by atoms with Crippen LogP contribution in [-0.2, 0) is 26.2 Å². The highest BCUT2D eigenvalue weighted by atomic mass is 16.5. The van der Waals surface area contributed by atoms with Gasteiger partial charge in [0.1, 0.15) is 34.1 Å². The maximum absolute atomic E-state index is 13.7. The number of nitrogens with zero attached hydrogens (tertiary/aromatic N) is 9. The number of benzene rings is 2. The standard InChI is InChI=1S/C40H44N12O6/c1-6-51-29(15-22(3)47-51)37-43-21-27-26-17-24(35(41)54)19-31(57-5)33(26)49(38(27)45-37)11-8-9-12-50-34-28(18-25(36(42)55)20-32(34)58-14-10-13-53)44-40(50)46-39(56)30-16-23(4)48-52(30)7-2/h8-9,15-21,53H,6-7,10-14H2,1-5H3,(H2,41,54)(H2,42,55)(H,44,46,56). The molecule has 0 fully saturated rings. The average Bonchev–Trinajstić information content (AvgIpc) is 3.97. The lowest BCUT2D eigenvalue weighted by Crippen LogP contribution is -2.20. The molecule has 0 spiro atoms. The molecule has 0 aliphatic rings. The van der Waals surface area contributed by atoms with Crippen LogP contribution in [0.25, 0.3) is 44.5 Å². The van der Waals surface area contributed by atoms with Crippen molar-refractivity contribution in [2.45, 2.75) is 60.3 Å². The predicted octanol–water partition coefficient (Wildman–Crippen LogP) is 4.13. The summed E-state index contributed by atoms with van der Waals surface area (Å²) in [4.78, 5) is 52.9. The lowest BCUT2D eigenvalue weighted by molar-refractivity contribution is 0.0991. The minimum atomic E-state index is -0.679. The van der Waals surface area contributed by atoms with Crippen molar-refractivity contribution in [2.75, 3.05) is 25.6 Å². The number of hydrogen-bond donors (Lipinski definition) is 4. The van der Waals surface area contributed by atoms with Gasteiger partial charge in [0.2, 0.25) is 17.8 Å². The largest absolute Gasteiger partial charge is 0.495 e. The third-order valence-corrected chi connectivity index (χ3v) is 9.65. The SMILES string of the molecule is CCn1nc(C)cc1C(=O)Nc1nc2cc(C(N)=O)cc(OCCCO)c2n1CC=CCn1c2nc(-c3cc(C)nn3CC)ncc2c2cc(C(N)=O)cc(OC)c21. The molecule has 0 radical (unpaired) electrons. The smallest absolute Gasteiger partial charge is 0.276 e. The first-order valence-electron chi connectivity index (χ1n) is 18.8. The topological polar surface area (TPSA) is 238 Å². The van der Waals surface area contributed by atoms with E-state index in [9.17, 15) is 19.5 Å². The van der Waals surface area contributed by atoms with Gasteiger partial charge in [-0.2, -0.15) is 10.2 Å². The summed E-state index contributed by atoms with van der Waals surface area (Å²) in [5, 5.41) is 22.7. The first-order chi connectivity index (χ1) is 28.0. The Balaban J connectivity index is 1.33. The molecule has 5 aromatic heterocycles. The van der Waals surface area contributed by atoms with E-state index in [4.69, 9.17) is 35.9 Å². The van der Waals surface area contributed by atoms with Gasteiger partial charge in [-0.3, -0.25) is 29.1 Å². The fourth-order valence-corrected chi connectivity index (χ4v) is 7.03. The van der Waals surface area contributed by atoms with Gasteiger partial charge < -0.3 is 35.2 Å². The summed E-state index contributed by atoms with van der Waals surface area (Å²) in [6.45, 7) is 9.25. The van der Waals surface area contributed by atoms with Crippen molar-refractivity contribution in [3.8, 4) is 23.0 Å². The van der Waals surface area contributed by atoms with E-state index >= 15 is 0 Å². The predicted molar refractivity (Wildman–Crippen MR) is 217 cm³/mol. The molecular formula is C40H44N12O6. The van der Waals surface area contributed by atoms with Gasteiger partial charge in [-0.05, 0) is 64.1 Å². The minimum absolute atomic E-state index is 0.0990. The number of amides is 3. The van der Waals surface area contributed by atoms with Crippen LogP contribution in [-0.4, -0.2) is 86.8 Å². The van der Waals surface area contributed by atoms with E-state index in [1.807, 2.05) is 55.2 Å². The molecule has 5 heterocycles. The number of aryl methyl sites for hydroxylation is 4. The molecule has 7 aromatic rings. The Bertz CT molecular complexity index is 2760. The molecule has 6 N–H and O–H groups in total. The van der Waals surface area contributed by atoms with Gasteiger partial charge in [0, 0.05) is 67.3 Å². The molecule has 0 atom stereocenters. The second-order valence-electron chi connectivity index (χ2n) is 13.6. The highest BCUT2D eigenvalue weighted by Gasteiger charge is 2.23. The van der Waals surface area contributed by atoms with Crippen LogP contribution in [0.4, 0.5) is 5.95 Å². The molecule has 0 saturated carbocycles. The molecule has 0 aliphatic heterocycles. The molecule has 0 aliphatic carbocycles. The molecule has 58 heavy (non-hydrogen) atoms. The number of ether oxygens (including phenoxy) is 2. The Morgan fingerprint density at radius 3 is 2.19 bits per heavy atom. The van der Waals surface area contributed by atoms with Crippen LogP contribution in [0.3, 0.4) is 0 Å². The molecule has 0 unspecified atom stereocenters. The second-order valence-corrected chi connectivity index (χ2v) is 13.6. The Hall–Kier alpha value is -7.08. The van der Waals surface area contributed by atoms with Crippen molar-refractivity contribution < 1.29 is 29.0 Å². The number of anilines is 1. The van der Waals surface area contributed by atoms with E-state index in [2.05, 4.69) is 15.5 Å². The van der Waals surface area contributed by atoms with Gasteiger partial charge in [-0.15, -0.1) is 0 Å². The maximum atomic E-state index is 13.7. The number of primary amides is 2. The van der Waals surface area contributed by atoms with Crippen LogP contribution >= 0.6 is 0 Å². The van der Waals surface area contributed by atoms with E-state index in [1.165, 1.54) is 13.2 Å². The molecule has 18 heteroatoms. The first-order valence-corrected chi connectivity index (χ1v) is 18.8. The summed E-state index contributed by atoms with van der Waals surface area (Å²) in [6.07, 6.45) is 5.90. The number of fused-ring (bicyclic) bond motifs is 4. The number of nitrogens with two attached hydrogens (primary N) is 2. The first kappa shape index (κ1) is 39.2. The van der Waals surface area contributed by atoms with E-state index in [-0.39, 0.29) is 36.8 Å². The molecule has 18 nitrogen and oxygen atoms in total. The van der Waals surface area contributed by atoms with Crippen LogP contribution < -0.4 is 26.3 Å². The minimum Gasteiger partial charge on any atom is -0.495 e. The number of carbonyl (C=O) groups is 3. The van der Waals surface area contributed by atoms with Crippen LogP contribution in [0.1, 0.15) is 62.9 Å². The highest BCUT2D eigenvalue weighted by molar-refractivity contribution is 6.12. The molecular weight excluding hydrogens is 745 g/mol. The second kappa shape index (κ2) is 16.2. The number of hydrogen-bond acceptors (Lipinski definition) is 11. The molecule has 0 bridgehead atoms.